The van der Waals surface area contributed by atoms with Gasteiger partial charge in [-0.2, -0.15) is 4.31 Å². The van der Waals surface area contributed by atoms with Crippen LogP contribution in [0.1, 0.15) is 12.8 Å². The number of nitrogens with one attached hydrogen (secondary N) is 1. The Labute approximate surface area is 123 Å². The van der Waals surface area contributed by atoms with Crippen molar-refractivity contribution in [3.63, 3.8) is 0 Å². The van der Waals surface area contributed by atoms with Crippen LogP contribution in [0, 0.1) is 0 Å². The largest absolute Gasteiger partial charge is 0.330 e. The Morgan fingerprint density at radius 3 is 2.62 bits per heavy atom. The van der Waals surface area contributed by atoms with Crippen molar-refractivity contribution in [3.05, 3.63) is 27.0 Å². The molecule has 1 saturated heterocycles. The van der Waals surface area contributed by atoms with Crippen LogP contribution in [0.2, 0.25) is 0 Å². The maximum Gasteiger partial charge on any atom is 0.330 e. The normalized spacial score (nSPS) is 20.0. The van der Waals surface area contributed by atoms with Crippen molar-refractivity contribution in [2.24, 2.45) is 14.1 Å². The van der Waals surface area contributed by atoms with E-state index in [9.17, 15) is 18.0 Å². The fraction of sp³-hybridized carbons (Fsp3) is 0.667. The van der Waals surface area contributed by atoms with E-state index in [0.29, 0.717) is 13.1 Å². The second kappa shape index (κ2) is 5.74. The van der Waals surface area contributed by atoms with Gasteiger partial charge in [-0.15, -0.1) is 0 Å². The van der Waals surface area contributed by atoms with Crippen LogP contribution >= 0.6 is 0 Å². The zero-order valence-corrected chi connectivity index (χ0v) is 13.2. The molecule has 1 aromatic rings. The molecular weight excluding hydrogens is 296 g/mol. The van der Waals surface area contributed by atoms with Gasteiger partial charge in [-0.25, -0.2) is 13.2 Å². The minimum Gasteiger partial charge on any atom is -0.318 e. The van der Waals surface area contributed by atoms with Crippen LogP contribution in [0.4, 0.5) is 0 Å². The standard InChI is InChI=1S/C12H20N4O4S/c1-13-7-9-5-4-6-16(9)21(19,20)10-8-14(2)12(18)15(3)11(10)17/h8-9,13H,4-7H2,1-3H3. The van der Waals surface area contributed by atoms with Gasteiger partial charge in [0.2, 0.25) is 10.0 Å². The summed E-state index contributed by atoms with van der Waals surface area (Å²) >= 11 is 0. The van der Waals surface area contributed by atoms with Crippen LogP contribution in [-0.2, 0) is 24.1 Å². The number of likely N-dealkylation sites (N-methyl/N-ethyl adjacent to an activating group) is 1. The highest BCUT2D eigenvalue weighted by Gasteiger charge is 2.36. The van der Waals surface area contributed by atoms with Gasteiger partial charge < -0.3 is 9.88 Å². The van der Waals surface area contributed by atoms with Gasteiger partial charge >= 0.3 is 5.69 Å². The summed E-state index contributed by atoms with van der Waals surface area (Å²) in [5, 5.41) is 2.97. The van der Waals surface area contributed by atoms with Crippen LogP contribution in [-0.4, -0.2) is 48.0 Å². The maximum absolute atomic E-state index is 12.7. The first-order valence-corrected chi connectivity index (χ1v) is 8.17. The molecule has 1 aliphatic heterocycles. The molecule has 0 spiro atoms. The number of aromatic nitrogens is 2. The maximum atomic E-state index is 12.7. The van der Waals surface area contributed by atoms with E-state index >= 15 is 0 Å². The fourth-order valence-corrected chi connectivity index (χ4v) is 4.49. The summed E-state index contributed by atoms with van der Waals surface area (Å²) in [5.74, 6) is 0. The van der Waals surface area contributed by atoms with E-state index in [0.717, 1.165) is 28.2 Å². The number of nitrogens with zero attached hydrogens (tertiary/aromatic N) is 3. The monoisotopic (exact) mass is 316 g/mol. The van der Waals surface area contributed by atoms with Crippen molar-refractivity contribution in [2.75, 3.05) is 20.1 Å². The lowest BCUT2D eigenvalue weighted by atomic mass is 10.2. The van der Waals surface area contributed by atoms with Crippen molar-refractivity contribution in [3.8, 4) is 0 Å². The smallest absolute Gasteiger partial charge is 0.318 e. The summed E-state index contributed by atoms with van der Waals surface area (Å²) < 4.78 is 28.7. The van der Waals surface area contributed by atoms with Gasteiger partial charge in [-0.1, -0.05) is 0 Å². The van der Waals surface area contributed by atoms with E-state index < -0.39 is 21.3 Å². The number of sulfonamides is 1. The Balaban J connectivity index is 2.55. The van der Waals surface area contributed by atoms with E-state index in [-0.39, 0.29) is 10.9 Å². The number of aryl methyl sites for hydroxylation is 1. The van der Waals surface area contributed by atoms with Gasteiger partial charge in [0.1, 0.15) is 0 Å². The fourth-order valence-electron chi connectivity index (χ4n) is 2.64. The molecule has 0 aromatic carbocycles. The topological polar surface area (TPSA) is 93.4 Å². The van der Waals surface area contributed by atoms with Crippen molar-refractivity contribution in [1.82, 2.24) is 18.8 Å². The lowest BCUT2D eigenvalue weighted by molar-refractivity contribution is 0.377. The summed E-state index contributed by atoms with van der Waals surface area (Å²) in [5.41, 5.74) is -1.33. The average molecular weight is 316 g/mol. The Morgan fingerprint density at radius 2 is 2.00 bits per heavy atom. The molecule has 1 atom stereocenters. The molecule has 1 N–H and O–H groups in total. The quantitative estimate of drug-likeness (QED) is 0.726. The summed E-state index contributed by atoms with van der Waals surface area (Å²) in [6, 6.07) is -0.165. The Morgan fingerprint density at radius 1 is 1.33 bits per heavy atom. The van der Waals surface area contributed by atoms with Crippen molar-refractivity contribution < 1.29 is 8.42 Å². The number of rotatable bonds is 4. The molecule has 0 amide bonds. The molecule has 9 heteroatoms. The summed E-state index contributed by atoms with van der Waals surface area (Å²) in [6.07, 6.45) is 2.62. The minimum absolute atomic E-state index is 0.165. The van der Waals surface area contributed by atoms with Crippen LogP contribution < -0.4 is 16.6 Å². The number of hydrogen-bond donors (Lipinski definition) is 1. The molecular formula is C12H20N4O4S. The van der Waals surface area contributed by atoms with Gasteiger partial charge in [-0.3, -0.25) is 9.36 Å². The third-order valence-corrected chi connectivity index (χ3v) is 5.70. The first-order valence-electron chi connectivity index (χ1n) is 6.73. The molecule has 1 unspecified atom stereocenters. The lowest BCUT2D eigenvalue weighted by Gasteiger charge is -2.23. The van der Waals surface area contributed by atoms with E-state index in [1.54, 1.807) is 7.05 Å². The molecule has 21 heavy (non-hydrogen) atoms. The molecule has 0 saturated carbocycles. The van der Waals surface area contributed by atoms with E-state index in [1.807, 2.05) is 0 Å². The molecule has 0 bridgehead atoms. The lowest BCUT2D eigenvalue weighted by Crippen LogP contribution is -2.45. The van der Waals surface area contributed by atoms with Gasteiger partial charge in [0.25, 0.3) is 5.56 Å². The summed E-state index contributed by atoms with van der Waals surface area (Å²) in [7, 11) is 0.559. The highest BCUT2D eigenvalue weighted by Crippen LogP contribution is 2.23. The average Bonchev–Trinajstić information content (AvgIpc) is 2.90. The van der Waals surface area contributed by atoms with Crippen molar-refractivity contribution in [1.29, 1.82) is 0 Å². The van der Waals surface area contributed by atoms with Crippen molar-refractivity contribution in [2.45, 2.75) is 23.8 Å². The zero-order chi connectivity index (χ0) is 15.8. The second-order valence-electron chi connectivity index (χ2n) is 5.22. The Hall–Kier alpha value is -1.45. The van der Waals surface area contributed by atoms with Gasteiger partial charge in [0.05, 0.1) is 0 Å². The first kappa shape index (κ1) is 15.9. The van der Waals surface area contributed by atoms with Crippen molar-refractivity contribution >= 4 is 10.0 Å². The van der Waals surface area contributed by atoms with Crippen LogP contribution in [0.5, 0.6) is 0 Å². The number of hydrogen-bond acceptors (Lipinski definition) is 5. The highest BCUT2D eigenvalue weighted by molar-refractivity contribution is 7.89. The van der Waals surface area contributed by atoms with E-state index in [1.165, 1.54) is 18.4 Å². The van der Waals surface area contributed by atoms with E-state index in [2.05, 4.69) is 5.32 Å². The molecule has 2 heterocycles. The first-order chi connectivity index (χ1) is 9.80. The second-order valence-corrected chi connectivity index (χ2v) is 7.08. The third kappa shape index (κ3) is 2.68. The highest BCUT2D eigenvalue weighted by atomic mass is 32.2. The predicted molar refractivity (Wildman–Crippen MR) is 77.8 cm³/mol. The SMILES string of the molecule is CNCC1CCCN1S(=O)(=O)c1cn(C)c(=O)n(C)c1=O. The molecule has 0 aliphatic carbocycles. The van der Waals surface area contributed by atoms with Crippen LogP contribution in [0.15, 0.2) is 20.7 Å². The molecule has 1 aromatic heterocycles. The molecule has 118 valence electrons. The summed E-state index contributed by atoms with van der Waals surface area (Å²) in [4.78, 5) is 23.5. The Kier molecular flexibility index (Phi) is 4.35. The molecule has 2 rings (SSSR count). The van der Waals surface area contributed by atoms with Crippen LogP contribution in [0.3, 0.4) is 0 Å². The predicted octanol–water partition coefficient (Wildman–Crippen LogP) is -1.54. The van der Waals surface area contributed by atoms with E-state index in [4.69, 9.17) is 0 Å². The third-order valence-electron chi connectivity index (χ3n) is 3.76. The zero-order valence-electron chi connectivity index (χ0n) is 12.4. The molecule has 0 radical (unpaired) electrons. The van der Waals surface area contributed by atoms with Gasteiger partial charge in [0, 0.05) is 39.4 Å². The minimum atomic E-state index is -3.90. The van der Waals surface area contributed by atoms with Gasteiger partial charge in [-0.05, 0) is 19.9 Å². The molecule has 1 fully saturated rings. The van der Waals surface area contributed by atoms with Crippen LogP contribution in [0.25, 0.3) is 0 Å². The van der Waals surface area contributed by atoms with Gasteiger partial charge in [0.15, 0.2) is 4.90 Å². The Bertz CT molecular complexity index is 750. The summed E-state index contributed by atoms with van der Waals surface area (Å²) in [6.45, 7) is 0.923. The molecule has 8 nitrogen and oxygen atoms in total. The molecule has 1 aliphatic rings.